The van der Waals surface area contributed by atoms with Crippen molar-refractivity contribution in [3.05, 3.63) is 56.2 Å². The van der Waals surface area contributed by atoms with Gasteiger partial charge in [0, 0.05) is 11.8 Å². The van der Waals surface area contributed by atoms with Crippen molar-refractivity contribution in [2.45, 2.75) is 13.5 Å². The van der Waals surface area contributed by atoms with Gasteiger partial charge in [-0.25, -0.2) is 4.98 Å². The summed E-state index contributed by atoms with van der Waals surface area (Å²) in [6, 6.07) is 7.50. The lowest BCUT2D eigenvalue weighted by Crippen LogP contribution is -1.98. The Bertz CT molecular complexity index is 523. The third kappa shape index (κ3) is 3.37. The highest BCUT2D eigenvalue weighted by Crippen LogP contribution is 2.27. The first-order valence-corrected chi connectivity index (χ1v) is 6.80. The lowest BCUT2D eigenvalue weighted by Gasteiger charge is -2.09. The van der Waals surface area contributed by atoms with Crippen molar-refractivity contribution in [3.63, 3.8) is 0 Å². The molecule has 18 heavy (non-hydrogen) atoms. The lowest BCUT2D eigenvalue weighted by molar-refractivity contribution is 0.304. The number of hydrogen-bond donors (Lipinski definition) is 0. The second-order valence-electron chi connectivity index (χ2n) is 3.82. The van der Waals surface area contributed by atoms with Gasteiger partial charge in [-0.05, 0) is 46.6 Å². The maximum Gasteiger partial charge on any atom is 0.134 e. The van der Waals surface area contributed by atoms with E-state index in [2.05, 4.69) is 20.9 Å². The number of aromatic nitrogens is 1. The first-order chi connectivity index (χ1) is 8.56. The Balaban J connectivity index is 2.11. The zero-order valence-electron chi connectivity index (χ0n) is 9.58. The molecule has 0 aliphatic rings. The van der Waals surface area contributed by atoms with Crippen LogP contribution in [0.2, 0.25) is 10.2 Å². The Morgan fingerprint density at radius 1 is 1.28 bits per heavy atom. The molecule has 0 aliphatic carbocycles. The normalized spacial score (nSPS) is 10.4. The second kappa shape index (κ2) is 5.91. The Labute approximate surface area is 124 Å². The Morgan fingerprint density at radius 3 is 2.72 bits per heavy atom. The van der Waals surface area contributed by atoms with E-state index in [1.54, 1.807) is 12.3 Å². The number of ether oxygens (including phenoxy) is 1. The van der Waals surface area contributed by atoms with Gasteiger partial charge in [-0.2, -0.15) is 0 Å². The van der Waals surface area contributed by atoms with Crippen LogP contribution in [0.25, 0.3) is 0 Å². The zero-order valence-corrected chi connectivity index (χ0v) is 12.7. The molecule has 5 heteroatoms. The molecule has 0 saturated carbocycles. The fraction of sp³-hybridized carbons (Fsp3) is 0.154. The van der Waals surface area contributed by atoms with E-state index in [0.717, 1.165) is 15.8 Å². The number of hydrogen-bond acceptors (Lipinski definition) is 2. The van der Waals surface area contributed by atoms with Gasteiger partial charge in [0.1, 0.15) is 17.5 Å². The summed E-state index contributed by atoms with van der Waals surface area (Å²) < 4.78 is 6.60. The molecule has 0 radical (unpaired) electrons. The van der Waals surface area contributed by atoms with Crippen LogP contribution in [0, 0.1) is 6.92 Å². The van der Waals surface area contributed by atoms with Gasteiger partial charge < -0.3 is 4.74 Å². The van der Waals surface area contributed by atoms with Crippen LogP contribution >= 0.6 is 39.1 Å². The second-order valence-corrected chi connectivity index (χ2v) is 5.47. The molecule has 1 heterocycles. The smallest absolute Gasteiger partial charge is 0.134 e. The molecule has 2 rings (SSSR count). The maximum absolute atomic E-state index is 6.04. The molecule has 0 atom stereocenters. The number of nitrogens with zero attached hydrogens (tertiary/aromatic N) is 1. The van der Waals surface area contributed by atoms with Crippen LogP contribution in [0.1, 0.15) is 11.1 Å². The summed E-state index contributed by atoms with van der Waals surface area (Å²) in [6.07, 6.45) is 1.62. The topological polar surface area (TPSA) is 22.1 Å². The molecule has 0 bridgehead atoms. The minimum atomic E-state index is 0.352. The highest BCUT2D eigenvalue weighted by Gasteiger charge is 2.05. The molecule has 0 unspecified atom stereocenters. The Kier molecular flexibility index (Phi) is 4.49. The summed E-state index contributed by atoms with van der Waals surface area (Å²) in [4.78, 5) is 3.98. The molecule has 0 fully saturated rings. The lowest BCUT2D eigenvalue weighted by atomic mass is 10.2. The molecule has 0 aliphatic heterocycles. The minimum Gasteiger partial charge on any atom is -0.488 e. The monoisotopic (exact) mass is 345 g/mol. The van der Waals surface area contributed by atoms with Crippen molar-refractivity contribution in [1.82, 2.24) is 4.98 Å². The molecule has 0 spiro atoms. The van der Waals surface area contributed by atoms with E-state index < -0.39 is 0 Å². The molecule has 0 N–H and O–H groups in total. The van der Waals surface area contributed by atoms with Gasteiger partial charge in [0.05, 0.1) is 9.50 Å². The van der Waals surface area contributed by atoms with Gasteiger partial charge in [0.15, 0.2) is 0 Å². The first kappa shape index (κ1) is 13.7. The molecule has 2 aromatic rings. The van der Waals surface area contributed by atoms with E-state index in [0.29, 0.717) is 16.8 Å². The van der Waals surface area contributed by atoms with Crippen molar-refractivity contribution < 1.29 is 4.74 Å². The number of pyridine rings is 1. The van der Waals surface area contributed by atoms with Crippen LogP contribution < -0.4 is 4.74 Å². The van der Waals surface area contributed by atoms with Crippen LogP contribution in [-0.2, 0) is 6.61 Å². The van der Waals surface area contributed by atoms with Crippen LogP contribution in [-0.4, -0.2) is 4.98 Å². The Morgan fingerprint density at radius 2 is 2.06 bits per heavy atom. The van der Waals surface area contributed by atoms with Crippen molar-refractivity contribution in [2.24, 2.45) is 0 Å². The number of rotatable bonds is 3. The molecule has 0 saturated heterocycles. The predicted molar refractivity (Wildman–Crippen MR) is 77.5 cm³/mol. The predicted octanol–water partition coefficient (Wildman–Crippen LogP) is 5.04. The number of aryl methyl sites for hydroxylation is 1. The van der Waals surface area contributed by atoms with Gasteiger partial charge in [-0.1, -0.05) is 29.3 Å². The standard InChI is InChI=1S/C13H10BrCl2NO/c1-8-2-3-12(10(14)4-8)18-7-9-6-17-13(16)5-11(9)15/h2-6H,7H2,1H3. The van der Waals surface area contributed by atoms with Crippen LogP contribution in [0.15, 0.2) is 34.9 Å². The zero-order chi connectivity index (χ0) is 13.1. The molecule has 0 amide bonds. The van der Waals surface area contributed by atoms with Crippen LogP contribution in [0.3, 0.4) is 0 Å². The highest BCUT2D eigenvalue weighted by atomic mass is 79.9. The van der Waals surface area contributed by atoms with Crippen molar-refractivity contribution in [1.29, 1.82) is 0 Å². The maximum atomic E-state index is 6.04. The van der Waals surface area contributed by atoms with Crippen LogP contribution in [0.4, 0.5) is 0 Å². The minimum absolute atomic E-state index is 0.352. The molecule has 1 aromatic carbocycles. The summed E-state index contributed by atoms with van der Waals surface area (Å²) >= 11 is 15.2. The summed E-state index contributed by atoms with van der Waals surface area (Å²) in [5.74, 6) is 0.770. The Hall–Kier alpha value is -0.770. The van der Waals surface area contributed by atoms with Gasteiger partial charge in [0.2, 0.25) is 0 Å². The van der Waals surface area contributed by atoms with Crippen molar-refractivity contribution >= 4 is 39.1 Å². The molecule has 1 aromatic heterocycles. The number of halogens is 3. The first-order valence-electron chi connectivity index (χ1n) is 5.25. The van der Waals surface area contributed by atoms with Crippen molar-refractivity contribution in [3.8, 4) is 5.75 Å². The summed E-state index contributed by atoms with van der Waals surface area (Å²) in [6.45, 7) is 2.37. The van der Waals surface area contributed by atoms with Crippen LogP contribution in [0.5, 0.6) is 5.75 Å². The molecule has 2 nitrogen and oxygen atoms in total. The summed E-state index contributed by atoms with van der Waals surface area (Å²) in [5.41, 5.74) is 1.97. The third-order valence-electron chi connectivity index (χ3n) is 2.37. The quantitative estimate of drug-likeness (QED) is 0.726. The van der Waals surface area contributed by atoms with E-state index in [1.165, 1.54) is 5.56 Å². The van der Waals surface area contributed by atoms with E-state index in [1.807, 2.05) is 25.1 Å². The van der Waals surface area contributed by atoms with Gasteiger partial charge in [0.25, 0.3) is 0 Å². The van der Waals surface area contributed by atoms with Gasteiger partial charge >= 0.3 is 0 Å². The molecular formula is C13H10BrCl2NO. The highest BCUT2D eigenvalue weighted by molar-refractivity contribution is 9.10. The molecule has 94 valence electrons. The van der Waals surface area contributed by atoms with E-state index in [9.17, 15) is 0 Å². The van der Waals surface area contributed by atoms with Gasteiger partial charge in [-0.3, -0.25) is 0 Å². The fourth-order valence-corrected chi connectivity index (χ4v) is 2.45. The average Bonchev–Trinajstić information content (AvgIpc) is 2.30. The summed E-state index contributed by atoms with van der Waals surface area (Å²) in [5, 5.41) is 0.929. The fourth-order valence-electron chi connectivity index (χ4n) is 1.42. The van der Waals surface area contributed by atoms with E-state index in [-0.39, 0.29) is 0 Å². The van der Waals surface area contributed by atoms with E-state index in [4.69, 9.17) is 27.9 Å². The summed E-state index contributed by atoms with van der Waals surface area (Å²) in [7, 11) is 0. The SMILES string of the molecule is Cc1ccc(OCc2cnc(Cl)cc2Cl)c(Br)c1. The third-order valence-corrected chi connectivity index (χ3v) is 3.55. The average molecular weight is 347 g/mol. The van der Waals surface area contributed by atoms with Gasteiger partial charge in [-0.15, -0.1) is 0 Å². The van der Waals surface area contributed by atoms with E-state index >= 15 is 0 Å². The number of benzene rings is 1. The largest absolute Gasteiger partial charge is 0.488 e. The molecular weight excluding hydrogens is 337 g/mol. The van der Waals surface area contributed by atoms with Crippen molar-refractivity contribution in [2.75, 3.05) is 0 Å².